The third-order valence-corrected chi connectivity index (χ3v) is 1.05. The Labute approximate surface area is 53.7 Å². The highest BCUT2D eigenvalue weighted by molar-refractivity contribution is 9.10. The van der Waals surface area contributed by atoms with Crippen LogP contribution in [0.5, 0.6) is 0 Å². The van der Waals surface area contributed by atoms with Crippen molar-refractivity contribution >= 4 is 15.9 Å². The second-order valence-electron chi connectivity index (χ2n) is 0.941. The van der Waals surface area contributed by atoms with Crippen LogP contribution in [0.3, 0.4) is 0 Å². The predicted molar refractivity (Wildman–Crippen MR) is 28.7 cm³/mol. The van der Waals surface area contributed by atoms with Gasteiger partial charge >= 0.3 is 0 Å². The van der Waals surface area contributed by atoms with Gasteiger partial charge in [0.25, 0.3) is 0 Å². The molecule has 0 fully saturated rings. The zero-order valence-corrected chi connectivity index (χ0v) is 4.88. The van der Waals surface area contributed by atoms with Crippen molar-refractivity contribution < 1.29 is 4.11 Å². The van der Waals surface area contributed by atoms with E-state index >= 15 is 0 Å². The van der Waals surface area contributed by atoms with Gasteiger partial charge in [-0.2, -0.15) is 5.10 Å². The number of aromatic nitrogens is 3. The largest absolute Gasteiger partial charge is 0.244 e. The average Bonchev–Trinajstić information content (AvgIpc) is 2.11. The minimum atomic E-state index is -2.24. The first-order valence-corrected chi connectivity index (χ1v) is 2.37. The Morgan fingerprint density at radius 3 is 3.29 bits per heavy atom. The molecule has 38 valence electrons. The number of hydrogen-bond acceptors (Lipinski definition) is 2. The maximum Gasteiger partial charge on any atom is 0.194 e. The molecule has 1 heterocycles. The minimum Gasteiger partial charge on any atom is -0.244 e. The molecule has 0 aliphatic carbocycles. The minimum absolute atomic E-state index is 0.215. The third kappa shape index (κ3) is 0.796. The molecule has 0 amide bonds. The van der Waals surface area contributed by atoms with Gasteiger partial charge in [-0.25, -0.2) is 9.67 Å². The Morgan fingerprint density at radius 2 is 3.00 bits per heavy atom. The molecule has 1 rings (SSSR count). The normalized spacial score (nSPS) is 17.6. The molecule has 1 aromatic rings. The second kappa shape index (κ2) is 1.61. The molecule has 4 heteroatoms. The van der Waals surface area contributed by atoms with E-state index in [-0.39, 0.29) is 4.73 Å². The summed E-state index contributed by atoms with van der Waals surface area (Å²) in [5.41, 5.74) is 0. The highest BCUT2D eigenvalue weighted by Gasteiger charge is 1.87. The summed E-state index contributed by atoms with van der Waals surface area (Å²) in [7, 11) is 0. The van der Waals surface area contributed by atoms with Crippen LogP contribution >= 0.6 is 15.9 Å². The van der Waals surface area contributed by atoms with E-state index in [0.717, 1.165) is 4.68 Å². The molecular formula is C3H4BrN3. The number of halogens is 1. The molecule has 0 radical (unpaired) electrons. The van der Waals surface area contributed by atoms with Crippen molar-refractivity contribution in [2.75, 3.05) is 0 Å². The van der Waals surface area contributed by atoms with Gasteiger partial charge in [-0.05, 0) is 15.9 Å². The van der Waals surface area contributed by atoms with Crippen LogP contribution in [0.15, 0.2) is 11.1 Å². The summed E-state index contributed by atoms with van der Waals surface area (Å²) < 4.78 is 21.7. The van der Waals surface area contributed by atoms with Gasteiger partial charge < -0.3 is 0 Å². The standard InChI is InChI=1S/C3H4BrN3/c1-7-3(4)5-2-6-7/h2H,1H3/i1D3. The SMILES string of the molecule is [2H]C([2H])([2H])n1ncnc1Br. The Kier molecular flexibility index (Phi) is 0.521. The van der Waals surface area contributed by atoms with E-state index in [0.29, 0.717) is 0 Å². The van der Waals surface area contributed by atoms with Crippen molar-refractivity contribution in [2.24, 2.45) is 6.98 Å². The Balaban J connectivity index is 3.05. The topological polar surface area (TPSA) is 30.7 Å². The number of nitrogens with zero attached hydrogens (tertiary/aromatic N) is 3. The van der Waals surface area contributed by atoms with Gasteiger partial charge in [0.15, 0.2) is 4.73 Å². The summed E-state index contributed by atoms with van der Waals surface area (Å²) in [6.45, 7) is -2.24. The molecule has 0 unspecified atom stereocenters. The maximum absolute atomic E-state index is 6.89. The predicted octanol–water partition coefficient (Wildman–Crippen LogP) is 0.578. The van der Waals surface area contributed by atoms with Crippen LogP contribution in [0.25, 0.3) is 0 Å². The fraction of sp³-hybridized carbons (Fsp3) is 0.333. The summed E-state index contributed by atoms with van der Waals surface area (Å²) in [6.07, 6.45) is 1.18. The summed E-state index contributed by atoms with van der Waals surface area (Å²) in [5, 5.41) is 3.48. The average molecular weight is 165 g/mol. The summed E-state index contributed by atoms with van der Waals surface area (Å²) >= 11 is 2.93. The fourth-order valence-corrected chi connectivity index (χ4v) is 0.411. The molecule has 0 atom stereocenters. The van der Waals surface area contributed by atoms with E-state index in [4.69, 9.17) is 4.11 Å². The van der Waals surface area contributed by atoms with Crippen LogP contribution in [0, 0.1) is 0 Å². The lowest BCUT2D eigenvalue weighted by atomic mass is 11.2. The van der Waals surface area contributed by atoms with Crippen LogP contribution in [0.2, 0.25) is 0 Å². The lowest BCUT2D eigenvalue weighted by Crippen LogP contribution is -1.88. The highest BCUT2D eigenvalue weighted by atomic mass is 79.9. The van der Waals surface area contributed by atoms with Crippen LogP contribution in [0.4, 0.5) is 0 Å². The van der Waals surface area contributed by atoms with Crippen LogP contribution in [-0.4, -0.2) is 14.8 Å². The first kappa shape index (κ1) is 2.26. The molecule has 7 heavy (non-hydrogen) atoms. The zero-order valence-electron chi connectivity index (χ0n) is 6.30. The first-order chi connectivity index (χ1) is 4.52. The van der Waals surface area contributed by atoms with Gasteiger partial charge in [-0.3, -0.25) is 0 Å². The molecule has 0 aromatic carbocycles. The van der Waals surface area contributed by atoms with E-state index in [2.05, 4.69) is 26.0 Å². The molecule has 0 aliphatic rings. The third-order valence-electron chi connectivity index (χ3n) is 0.506. The molecule has 0 aliphatic heterocycles. The quantitative estimate of drug-likeness (QED) is 0.562. The van der Waals surface area contributed by atoms with Crippen LogP contribution in [0.1, 0.15) is 4.11 Å². The van der Waals surface area contributed by atoms with Crippen molar-refractivity contribution in [3.63, 3.8) is 0 Å². The maximum atomic E-state index is 6.89. The molecular weight excluding hydrogens is 158 g/mol. The number of rotatable bonds is 0. The summed E-state index contributed by atoms with van der Waals surface area (Å²) in [4.78, 5) is 3.59. The van der Waals surface area contributed by atoms with Gasteiger partial charge in [-0.1, -0.05) is 0 Å². The van der Waals surface area contributed by atoms with E-state index < -0.39 is 6.98 Å². The molecule has 1 aromatic heterocycles. The molecule has 0 N–H and O–H groups in total. The molecule has 0 bridgehead atoms. The number of hydrogen-bond donors (Lipinski definition) is 0. The van der Waals surface area contributed by atoms with Crippen LogP contribution < -0.4 is 0 Å². The fourth-order valence-electron chi connectivity index (χ4n) is 0.227. The van der Waals surface area contributed by atoms with E-state index in [9.17, 15) is 0 Å². The molecule has 0 saturated heterocycles. The lowest BCUT2D eigenvalue weighted by molar-refractivity contribution is 0.745. The van der Waals surface area contributed by atoms with E-state index in [1.807, 2.05) is 0 Å². The van der Waals surface area contributed by atoms with Crippen molar-refractivity contribution in [1.82, 2.24) is 14.8 Å². The summed E-state index contributed by atoms with van der Waals surface area (Å²) in [5.74, 6) is 0. The van der Waals surface area contributed by atoms with E-state index in [1.54, 1.807) is 0 Å². The second-order valence-corrected chi connectivity index (χ2v) is 1.65. The van der Waals surface area contributed by atoms with E-state index in [1.165, 1.54) is 6.33 Å². The van der Waals surface area contributed by atoms with Crippen molar-refractivity contribution in [2.45, 2.75) is 0 Å². The van der Waals surface area contributed by atoms with Gasteiger partial charge in [0.05, 0.1) is 0 Å². The van der Waals surface area contributed by atoms with Crippen molar-refractivity contribution in [3.8, 4) is 0 Å². The van der Waals surface area contributed by atoms with Gasteiger partial charge in [0.1, 0.15) is 6.33 Å². The van der Waals surface area contributed by atoms with Crippen LogP contribution in [-0.2, 0) is 6.98 Å². The molecule has 0 saturated carbocycles. The van der Waals surface area contributed by atoms with Gasteiger partial charge in [-0.15, -0.1) is 0 Å². The highest BCUT2D eigenvalue weighted by Crippen LogP contribution is 1.98. The van der Waals surface area contributed by atoms with Gasteiger partial charge in [0.2, 0.25) is 0 Å². The lowest BCUT2D eigenvalue weighted by Gasteiger charge is -1.82. The van der Waals surface area contributed by atoms with Crippen molar-refractivity contribution in [1.29, 1.82) is 0 Å². The van der Waals surface area contributed by atoms with Gasteiger partial charge in [0, 0.05) is 11.1 Å². The first-order valence-electron chi connectivity index (χ1n) is 3.08. The Morgan fingerprint density at radius 1 is 2.14 bits per heavy atom. The Bertz CT molecular complexity index is 229. The number of aryl methyl sites for hydroxylation is 1. The zero-order chi connectivity index (χ0) is 7.78. The summed E-state index contributed by atoms with van der Waals surface area (Å²) in [6, 6.07) is 0. The molecule has 3 nitrogen and oxygen atoms in total. The Hall–Kier alpha value is -0.380. The van der Waals surface area contributed by atoms with Crippen molar-refractivity contribution in [3.05, 3.63) is 11.1 Å². The molecule has 0 spiro atoms. The monoisotopic (exact) mass is 164 g/mol. The smallest absolute Gasteiger partial charge is 0.194 e.